The maximum atomic E-state index is 5.47. The SMILES string of the molecule is CC(C)(C)C(c1cccc(Br)n1)C(C)(C)O[Si]. The quantitative estimate of drug-likeness (QED) is 0.624. The lowest BCUT2D eigenvalue weighted by Gasteiger charge is -2.41. The normalized spacial score (nSPS) is 14.8. The van der Waals surface area contributed by atoms with E-state index >= 15 is 0 Å². The Balaban J connectivity index is 3.26. The van der Waals surface area contributed by atoms with Crippen LogP contribution in [0.25, 0.3) is 0 Å². The third kappa shape index (κ3) is 3.63. The van der Waals surface area contributed by atoms with Gasteiger partial charge in [0.15, 0.2) is 0 Å². The van der Waals surface area contributed by atoms with Crippen LogP contribution in [0.5, 0.6) is 0 Å². The van der Waals surface area contributed by atoms with E-state index in [0.29, 0.717) is 0 Å². The molecule has 4 heteroatoms. The van der Waals surface area contributed by atoms with Gasteiger partial charge in [0.1, 0.15) is 4.60 Å². The third-order valence-electron chi connectivity index (χ3n) is 2.86. The zero-order valence-electron chi connectivity index (χ0n) is 11.0. The topological polar surface area (TPSA) is 22.1 Å². The fraction of sp³-hybridized carbons (Fsp3) is 0.615. The molecule has 0 aliphatic rings. The summed E-state index contributed by atoms with van der Waals surface area (Å²) in [5, 5.41) is 0. The summed E-state index contributed by atoms with van der Waals surface area (Å²) in [5.74, 6) is 0.185. The molecule has 17 heavy (non-hydrogen) atoms. The minimum Gasteiger partial charge on any atom is -0.413 e. The Kier molecular flexibility index (Phi) is 4.55. The molecule has 0 saturated carbocycles. The molecular formula is C13H19BrNOSi. The largest absolute Gasteiger partial charge is 0.413 e. The van der Waals surface area contributed by atoms with Crippen molar-refractivity contribution in [3.05, 3.63) is 28.5 Å². The highest BCUT2D eigenvalue weighted by atomic mass is 79.9. The van der Waals surface area contributed by atoms with Crippen molar-refractivity contribution < 1.29 is 4.43 Å². The van der Waals surface area contributed by atoms with Crippen LogP contribution in [0.15, 0.2) is 22.8 Å². The Morgan fingerprint density at radius 2 is 1.82 bits per heavy atom. The van der Waals surface area contributed by atoms with Gasteiger partial charge in [0, 0.05) is 11.6 Å². The molecule has 1 atom stereocenters. The molecule has 1 aromatic heterocycles. The van der Waals surface area contributed by atoms with Crippen molar-refractivity contribution in [1.82, 2.24) is 4.98 Å². The van der Waals surface area contributed by atoms with Gasteiger partial charge in [-0.05, 0) is 47.3 Å². The van der Waals surface area contributed by atoms with Crippen LogP contribution in [0.4, 0.5) is 0 Å². The Labute approximate surface area is 116 Å². The highest BCUT2D eigenvalue weighted by molar-refractivity contribution is 9.10. The molecule has 0 amide bonds. The number of rotatable bonds is 3. The zero-order valence-corrected chi connectivity index (χ0v) is 13.6. The summed E-state index contributed by atoms with van der Waals surface area (Å²) < 4.78 is 6.33. The first-order valence-electron chi connectivity index (χ1n) is 5.65. The molecule has 3 radical (unpaired) electrons. The average molecular weight is 313 g/mol. The minimum absolute atomic E-state index is 0.0595. The zero-order chi connectivity index (χ0) is 13.3. The molecule has 0 aliphatic heterocycles. The molecule has 0 fully saturated rings. The van der Waals surface area contributed by atoms with E-state index in [-0.39, 0.29) is 16.9 Å². The van der Waals surface area contributed by atoms with E-state index in [2.05, 4.69) is 66.0 Å². The molecule has 2 nitrogen and oxygen atoms in total. The van der Waals surface area contributed by atoms with Gasteiger partial charge in [0.2, 0.25) is 10.5 Å². The maximum absolute atomic E-state index is 5.47. The molecule has 93 valence electrons. The highest BCUT2D eigenvalue weighted by Gasteiger charge is 2.40. The lowest BCUT2D eigenvalue weighted by atomic mass is 9.70. The maximum Gasteiger partial charge on any atom is 0.247 e. The Hall–Kier alpha value is -0.193. The Morgan fingerprint density at radius 1 is 1.24 bits per heavy atom. The molecule has 1 unspecified atom stereocenters. The van der Waals surface area contributed by atoms with Gasteiger partial charge in [-0.25, -0.2) is 4.98 Å². The monoisotopic (exact) mass is 312 g/mol. The van der Waals surface area contributed by atoms with Crippen LogP contribution in [0.3, 0.4) is 0 Å². The van der Waals surface area contributed by atoms with Gasteiger partial charge in [-0.2, -0.15) is 0 Å². The first kappa shape index (κ1) is 14.9. The van der Waals surface area contributed by atoms with Crippen LogP contribution < -0.4 is 0 Å². The second kappa shape index (κ2) is 5.20. The van der Waals surface area contributed by atoms with Crippen molar-refractivity contribution in [3.8, 4) is 0 Å². The summed E-state index contributed by atoms with van der Waals surface area (Å²) in [6.45, 7) is 10.7. The van der Waals surface area contributed by atoms with E-state index < -0.39 is 0 Å². The Bertz CT molecular complexity index is 387. The van der Waals surface area contributed by atoms with Crippen LogP contribution >= 0.6 is 15.9 Å². The van der Waals surface area contributed by atoms with Crippen LogP contribution in [-0.2, 0) is 4.43 Å². The van der Waals surface area contributed by atoms with Gasteiger partial charge >= 0.3 is 0 Å². The molecule has 1 aromatic rings. The lowest BCUT2D eigenvalue weighted by Crippen LogP contribution is -2.40. The number of nitrogens with zero attached hydrogens (tertiary/aromatic N) is 1. The Morgan fingerprint density at radius 3 is 2.24 bits per heavy atom. The van der Waals surface area contributed by atoms with E-state index in [1.165, 1.54) is 0 Å². The number of halogens is 1. The van der Waals surface area contributed by atoms with Crippen molar-refractivity contribution in [2.75, 3.05) is 0 Å². The van der Waals surface area contributed by atoms with Gasteiger partial charge in [-0.3, -0.25) is 0 Å². The fourth-order valence-corrected chi connectivity index (χ4v) is 2.96. The van der Waals surface area contributed by atoms with E-state index in [0.717, 1.165) is 10.3 Å². The van der Waals surface area contributed by atoms with E-state index in [1.807, 2.05) is 18.2 Å². The predicted octanol–water partition coefficient (Wildman–Crippen LogP) is 3.85. The van der Waals surface area contributed by atoms with Crippen LogP contribution in [0, 0.1) is 5.41 Å². The van der Waals surface area contributed by atoms with Crippen LogP contribution in [0.2, 0.25) is 0 Å². The number of pyridine rings is 1. The van der Waals surface area contributed by atoms with Gasteiger partial charge in [0.25, 0.3) is 0 Å². The first-order chi connectivity index (χ1) is 7.68. The minimum atomic E-state index is -0.330. The van der Waals surface area contributed by atoms with Gasteiger partial charge in [-0.1, -0.05) is 26.8 Å². The van der Waals surface area contributed by atoms with Crippen molar-refractivity contribution in [2.24, 2.45) is 5.41 Å². The second-order valence-electron chi connectivity index (χ2n) is 5.89. The van der Waals surface area contributed by atoms with E-state index in [1.54, 1.807) is 0 Å². The summed E-state index contributed by atoms with van der Waals surface area (Å²) in [7, 11) is 3.19. The summed E-state index contributed by atoms with van der Waals surface area (Å²) in [6, 6.07) is 5.99. The smallest absolute Gasteiger partial charge is 0.247 e. The second-order valence-corrected chi connectivity index (χ2v) is 6.91. The summed E-state index contributed by atoms with van der Waals surface area (Å²) >= 11 is 3.42. The van der Waals surface area contributed by atoms with Gasteiger partial charge < -0.3 is 4.43 Å². The summed E-state index contributed by atoms with van der Waals surface area (Å²) in [6.07, 6.45) is 0. The molecule has 0 bridgehead atoms. The molecular weight excluding hydrogens is 294 g/mol. The third-order valence-corrected chi connectivity index (χ3v) is 3.82. The van der Waals surface area contributed by atoms with Crippen LogP contribution in [0.1, 0.15) is 46.2 Å². The van der Waals surface area contributed by atoms with Gasteiger partial charge in [-0.15, -0.1) is 0 Å². The molecule has 0 aliphatic carbocycles. The first-order valence-corrected chi connectivity index (χ1v) is 6.86. The molecule has 1 heterocycles. The number of hydrogen-bond donors (Lipinski definition) is 0. The van der Waals surface area contributed by atoms with E-state index in [4.69, 9.17) is 4.43 Å². The summed E-state index contributed by atoms with van der Waals surface area (Å²) in [4.78, 5) is 4.57. The predicted molar refractivity (Wildman–Crippen MR) is 75.1 cm³/mol. The highest BCUT2D eigenvalue weighted by Crippen LogP contribution is 2.43. The molecule has 0 N–H and O–H groups in total. The molecule has 0 aromatic carbocycles. The lowest BCUT2D eigenvalue weighted by molar-refractivity contribution is 0.0383. The van der Waals surface area contributed by atoms with E-state index in [9.17, 15) is 0 Å². The van der Waals surface area contributed by atoms with Crippen molar-refractivity contribution in [2.45, 2.75) is 46.1 Å². The fourth-order valence-electron chi connectivity index (χ4n) is 2.49. The molecule has 0 spiro atoms. The average Bonchev–Trinajstić information content (AvgIpc) is 2.15. The summed E-state index contributed by atoms with van der Waals surface area (Å²) in [5.41, 5.74) is 0.766. The standard InChI is InChI=1S/C13H19BrNOSi/c1-12(2,3)11(13(4,5)16-17)9-7-6-8-10(14)15-9/h6-8,11H,1-5H3. The van der Waals surface area contributed by atoms with Crippen molar-refractivity contribution >= 4 is 26.4 Å². The molecule has 1 rings (SSSR count). The molecule has 0 saturated heterocycles. The number of aromatic nitrogens is 1. The number of hydrogen-bond acceptors (Lipinski definition) is 2. The van der Waals surface area contributed by atoms with Crippen molar-refractivity contribution in [3.63, 3.8) is 0 Å². The van der Waals surface area contributed by atoms with Gasteiger partial charge in [0.05, 0.1) is 5.60 Å². The van der Waals surface area contributed by atoms with Crippen LogP contribution in [-0.4, -0.2) is 21.1 Å². The van der Waals surface area contributed by atoms with Crippen molar-refractivity contribution in [1.29, 1.82) is 0 Å².